The summed E-state index contributed by atoms with van der Waals surface area (Å²) >= 11 is 0. The zero-order chi connectivity index (χ0) is 18.8. The summed E-state index contributed by atoms with van der Waals surface area (Å²) in [5, 5.41) is 2.87. The molecule has 2 aliphatic rings. The van der Waals surface area contributed by atoms with Crippen molar-refractivity contribution in [1.82, 2.24) is 5.32 Å². The standard InChI is InChI=1S/C21H22N2O3/c1-12(2)26-17-8-5-15(6-9-17)21(25)22-16-7-10-18-13(3)14(4)20(24)23-19(18)11-16/h5-12,18H,1-4H3,(H,23,24). The van der Waals surface area contributed by atoms with Crippen molar-refractivity contribution in [3.63, 3.8) is 0 Å². The Morgan fingerprint density at radius 1 is 1.19 bits per heavy atom. The van der Waals surface area contributed by atoms with Gasteiger partial charge in [0.25, 0.3) is 11.8 Å². The summed E-state index contributed by atoms with van der Waals surface area (Å²) in [7, 11) is 0. The van der Waals surface area contributed by atoms with E-state index in [-0.39, 0.29) is 23.8 Å². The Kier molecular flexibility index (Phi) is 4.89. The minimum absolute atomic E-state index is 0.0363. The summed E-state index contributed by atoms with van der Waals surface area (Å²) in [6.45, 7) is 7.66. The fourth-order valence-electron chi connectivity index (χ4n) is 2.92. The fourth-order valence-corrected chi connectivity index (χ4v) is 2.92. The van der Waals surface area contributed by atoms with Crippen LogP contribution in [0.4, 0.5) is 0 Å². The number of aliphatic imine (C=N–C) groups is 1. The number of nitrogens with zero attached hydrogens (tertiary/aromatic N) is 1. The minimum atomic E-state index is -0.332. The van der Waals surface area contributed by atoms with Crippen LogP contribution in [0.3, 0.4) is 0 Å². The van der Waals surface area contributed by atoms with Crippen LogP contribution in [0.1, 0.15) is 38.1 Å². The van der Waals surface area contributed by atoms with Gasteiger partial charge in [0.05, 0.1) is 11.8 Å². The summed E-state index contributed by atoms with van der Waals surface area (Å²) in [5.41, 5.74) is 3.52. The molecule has 26 heavy (non-hydrogen) atoms. The van der Waals surface area contributed by atoms with Crippen LogP contribution in [0.25, 0.3) is 0 Å². The monoisotopic (exact) mass is 350 g/mol. The van der Waals surface area contributed by atoms with E-state index in [0.29, 0.717) is 17.0 Å². The number of hydrogen-bond donors (Lipinski definition) is 1. The summed E-state index contributed by atoms with van der Waals surface area (Å²) < 4.78 is 5.57. The average Bonchev–Trinajstić information content (AvgIpc) is 2.59. The Bertz CT molecular complexity index is 871. The maximum atomic E-state index is 12.4. The quantitative estimate of drug-likeness (QED) is 0.906. The van der Waals surface area contributed by atoms with Crippen LogP contribution >= 0.6 is 0 Å². The number of carbonyl (C=O) groups is 2. The predicted molar refractivity (Wildman–Crippen MR) is 101 cm³/mol. The van der Waals surface area contributed by atoms with E-state index in [9.17, 15) is 9.59 Å². The molecule has 0 fully saturated rings. The fraction of sp³-hybridized carbons (Fsp3) is 0.286. The molecule has 0 saturated heterocycles. The smallest absolute Gasteiger partial charge is 0.277 e. The number of carbonyl (C=O) groups excluding carboxylic acids is 2. The molecule has 1 atom stereocenters. The van der Waals surface area contributed by atoms with Crippen molar-refractivity contribution >= 4 is 17.5 Å². The van der Waals surface area contributed by atoms with Crippen molar-refractivity contribution in [2.75, 3.05) is 0 Å². The van der Waals surface area contributed by atoms with Gasteiger partial charge in [0, 0.05) is 22.8 Å². The number of rotatable bonds is 3. The summed E-state index contributed by atoms with van der Waals surface area (Å²) in [5.74, 6) is 0.317. The van der Waals surface area contributed by atoms with Gasteiger partial charge >= 0.3 is 0 Å². The van der Waals surface area contributed by atoms with Crippen LogP contribution in [0.2, 0.25) is 0 Å². The number of fused-ring (bicyclic) bond motifs is 1. The third kappa shape index (κ3) is 3.67. The topological polar surface area (TPSA) is 67.8 Å². The van der Waals surface area contributed by atoms with Gasteiger partial charge in [-0.15, -0.1) is 0 Å². The van der Waals surface area contributed by atoms with Gasteiger partial charge in [-0.3, -0.25) is 9.59 Å². The molecule has 5 heteroatoms. The zero-order valence-corrected chi connectivity index (χ0v) is 15.4. The molecular formula is C21H22N2O3. The third-order valence-electron chi connectivity index (χ3n) is 4.46. The van der Waals surface area contributed by atoms with E-state index in [4.69, 9.17) is 4.74 Å². The molecule has 0 bridgehead atoms. The largest absolute Gasteiger partial charge is 0.491 e. The van der Waals surface area contributed by atoms with Crippen molar-refractivity contribution in [2.45, 2.75) is 33.8 Å². The van der Waals surface area contributed by atoms with Crippen molar-refractivity contribution in [3.8, 4) is 5.75 Å². The normalized spacial score (nSPS) is 20.8. The van der Waals surface area contributed by atoms with Gasteiger partial charge < -0.3 is 10.1 Å². The van der Waals surface area contributed by atoms with Gasteiger partial charge in [0.15, 0.2) is 0 Å². The first-order valence-corrected chi connectivity index (χ1v) is 8.63. The second kappa shape index (κ2) is 7.12. The van der Waals surface area contributed by atoms with Crippen LogP contribution in [0, 0.1) is 5.92 Å². The third-order valence-corrected chi connectivity index (χ3v) is 4.46. The average molecular weight is 350 g/mol. The molecule has 0 spiro atoms. The van der Waals surface area contributed by atoms with Gasteiger partial charge in [-0.2, -0.15) is 0 Å². The lowest BCUT2D eigenvalue weighted by Gasteiger charge is -2.28. The molecule has 0 saturated carbocycles. The van der Waals surface area contributed by atoms with Crippen LogP contribution < -0.4 is 10.1 Å². The number of amides is 2. The lowest BCUT2D eigenvalue weighted by atomic mass is 9.85. The van der Waals surface area contributed by atoms with Crippen molar-refractivity contribution in [3.05, 3.63) is 64.9 Å². The Hall–Kier alpha value is -2.95. The first-order chi connectivity index (χ1) is 12.3. The van der Waals surface area contributed by atoms with E-state index in [1.807, 2.05) is 39.8 Å². The predicted octanol–water partition coefficient (Wildman–Crippen LogP) is 3.59. The maximum Gasteiger partial charge on any atom is 0.277 e. The highest BCUT2D eigenvalue weighted by Crippen LogP contribution is 2.29. The first kappa shape index (κ1) is 17.9. The van der Waals surface area contributed by atoms with Crippen molar-refractivity contribution in [2.24, 2.45) is 10.9 Å². The highest BCUT2D eigenvalue weighted by atomic mass is 16.5. The highest BCUT2D eigenvalue weighted by Gasteiger charge is 2.27. The number of ether oxygens (including phenoxy) is 1. The molecule has 1 aliphatic heterocycles. The highest BCUT2D eigenvalue weighted by molar-refractivity contribution is 6.14. The van der Waals surface area contributed by atoms with E-state index in [1.165, 1.54) is 0 Å². The molecular weight excluding hydrogens is 328 g/mol. The van der Waals surface area contributed by atoms with Crippen LogP contribution in [0.5, 0.6) is 5.75 Å². The van der Waals surface area contributed by atoms with E-state index >= 15 is 0 Å². The summed E-state index contributed by atoms with van der Waals surface area (Å²) in [6.07, 6.45) is 5.61. The molecule has 2 amide bonds. The van der Waals surface area contributed by atoms with E-state index < -0.39 is 0 Å². The van der Waals surface area contributed by atoms with Crippen LogP contribution in [0.15, 0.2) is 64.3 Å². The second-order valence-electron chi connectivity index (χ2n) is 6.73. The molecule has 3 rings (SSSR count). The van der Waals surface area contributed by atoms with Crippen LogP contribution in [-0.4, -0.2) is 23.6 Å². The maximum absolute atomic E-state index is 12.4. The zero-order valence-electron chi connectivity index (χ0n) is 15.4. The molecule has 1 aliphatic carbocycles. The molecule has 1 N–H and O–H groups in total. The summed E-state index contributed by atoms with van der Waals surface area (Å²) in [4.78, 5) is 28.5. The Labute approximate surface area is 153 Å². The molecule has 1 aromatic carbocycles. The molecule has 0 aromatic heterocycles. The number of allylic oxidation sites excluding steroid dienone is 3. The van der Waals surface area contributed by atoms with E-state index in [2.05, 4.69) is 10.3 Å². The molecule has 1 unspecified atom stereocenters. The molecule has 1 aromatic rings. The minimum Gasteiger partial charge on any atom is -0.491 e. The summed E-state index contributed by atoms with van der Waals surface area (Å²) in [6, 6.07) is 6.92. The van der Waals surface area contributed by atoms with E-state index in [0.717, 1.165) is 16.8 Å². The van der Waals surface area contributed by atoms with Crippen LogP contribution in [-0.2, 0) is 4.79 Å². The van der Waals surface area contributed by atoms with Gasteiger partial charge in [0.1, 0.15) is 5.75 Å². The van der Waals surface area contributed by atoms with Crippen molar-refractivity contribution < 1.29 is 14.3 Å². The number of nitrogens with one attached hydrogen (secondary N) is 1. The Morgan fingerprint density at radius 3 is 2.54 bits per heavy atom. The Morgan fingerprint density at radius 2 is 1.88 bits per heavy atom. The lowest BCUT2D eigenvalue weighted by Crippen LogP contribution is -2.35. The second-order valence-corrected chi connectivity index (χ2v) is 6.73. The lowest BCUT2D eigenvalue weighted by molar-refractivity contribution is -0.117. The Balaban J connectivity index is 1.79. The molecule has 134 valence electrons. The number of hydrogen-bond acceptors (Lipinski definition) is 3. The molecule has 1 heterocycles. The molecule has 0 radical (unpaired) electrons. The number of benzene rings is 1. The molecule has 5 nitrogen and oxygen atoms in total. The van der Waals surface area contributed by atoms with E-state index in [1.54, 1.807) is 30.3 Å². The first-order valence-electron chi connectivity index (χ1n) is 8.63. The van der Waals surface area contributed by atoms with Crippen molar-refractivity contribution in [1.29, 1.82) is 0 Å². The van der Waals surface area contributed by atoms with Gasteiger partial charge in [-0.05, 0) is 64.1 Å². The van der Waals surface area contributed by atoms with Gasteiger partial charge in [0.2, 0.25) is 0 Å². The van der Waals surface area contributed by atoms with Gasteiger partial charge in [-0.25, -0.2) is 4.99 Å². The SMILES string of the molecule is CC1=C(C)C2C=CC(=NC(=O)c3ccc(OC(C)C)cc3)C=C2NC1=O. The van der Waals surface area contributed by atoms with Gasteiger partial charge in [-0.1, -0.05) is 11.6 Å².